The lowest BCUT2D eigenvalue weighted by Gasteiger charge is -2.34. The second-order valence-electron chi connectivity index (χ2n) is 5.38. The summed E-state index contributed by atoms with van der Waals surface area (Å²) >= 11 is 6.28. The minimum absolute atomic E-state index is 0.241. The van der Waals surface area contributed by atoms with Gasteiger partial charge in [0.25, 0.3) is 0 Å². The molecule has 1 aliphatic rings. The molecule has 0 bridgehead atoms. The molecule has 1 saturated heterocycles. The molecule has 0 saturated carbocycles. The van der Waals surface area contributed by atoms with Crippen LogP contribution < -0.4 is 5.73 Å². The van der Waals surface area contributed by atoms with E-state index >= 15 is 0 Å². The van der Waals surface area contributed by atoms with E-state index in [4.69, 9.17) is 17.3 Å². The zero-order chi connectivity index (χ0) is 13.9. The van der Waals surface area contributed by atoms with Crippen LogP contribution in [0.15, 0.2) is 30.5 Å². The van der Waals surface area contributed by atoms with Gasteiger partial charge in [-0.3, -0.25) is 9.88 Å². The van der Waals surface area contributed by atoms with Crippen LogP contribution in [-0.4, -0.2) is 29.5 Å². The Labute approximate surface area is 124 Å². The predicted octanol–water partition coefficient (Wildman–Crippen LogP) is 3.37. The van der Waals surface area contributed by atoms with Crippen LogP contribution in [0.4, 0.5) is 0 Å². The number of rotatable bonds is 3. The standard InChI is InChI=1S/C16H20ClN3/c17-14-7-6-13(16-12(14)5-4-8-19-16)15(11-18)20-9-2-1-3-10-20/h4-8,15H,1-3,9-11,18H2. The number of hydrogen-bond acceptors (Lipinski definition) is 3. The zero-order valence-electron chi connectivity index (χ0n) is 11.6. The van der Waals surface area contributed by atoms with E-state index in [-0.39, 0.29) is 6.04 Å². The van der Waals surface area contributed by atoms with E-state index in [9.17, 15) is 0 Å². The molecular formula is C16H20ClN3. The summed E-state index contributed by atoms with van der Waals surface area (Å²) in [5, 5.41) is 1.77. The van der Waals surface area contributed by atoms with Crippen molar-refractivity contribution in [3.05, 3.63) is 41.0 Å². The second kappa shape index (κ2) is 6.08. The molecule has 1 atom stereocenters. The molecule has 20 heavy (non-hydrogen) atoms. The number of nitrogens with zero attached hydrogens (tertiary/aromatic N) is 2. The molecule has 2 N–H and O–H groups in total. The molecule has 106 valence electrons. The van der Waals surface area contributed by atoms with Gasteiger partial charge >= 0.3 is 0 Å². The van der Waals surface area contributed by atoms with Crippen LogP contribution in [0.2, 0.25) is 5.02 Å². The highest BCUT2D eigenvalue weighted by Gasteiger charge is 2.23. The fourth-order valence-corrected chi connectivity index (χ4v) is 3.35. The topological polar surface area (TPSA) is 42.1 Å². The molecule has 2 aromatic rings. The first-order valence-electron chi connectivity index (χ1n) is 7.28. The van der Waals surface area contributed by atoms with Crippen molar-refractivity contribution in [2.45, 2.75) is 25.3 Å². The second-order valence-corrected chi connectivity index (χ2v) is 5.79. The molecule has 1 aromatic carbocycles. The van der Waals surface area contributed by atoms with Crippen molar-refractivity contribution in [2.75, 3.05) is 19.6 Å². The fraction of sp³-hybridized carbons (Fsp3) is 0.438. The Hall–Kier alpha value is -1.16. The molecular weight excluding hydrogens is 270 g/mol. The van der Waals surface area contributed by atoms with Crippen molar-refractivity contribution < 1.29 is 0 Å². The van der Waals surface area contributed by atoms with E-state index in [1.165, 1.54) is 24.8 Å². The molecule has 1 unspecified atom stereocenters. The molecule has 3 nitrogen and oxygen atoms in total. The van der Waals surface area contributed by atoms with Gasteiger partial charge in [-0.05, 0) is 49.7 Å². The quantitative estimate of drug-likeness (QED) is 0.942. The third kappa shape index (κ3) is 2.53. The van der Waals surface area contributed by atoms with Gasteiger partial charge in [0, 0.05) is 29.2 Å². The first-order valence-corrected chi connectivity index (χ1v) is 7.66. The Morgan fingerprint density at radius 3 is 2.75 bits per heavy atom. The molecule has 0 amide bonds. The summed E-state index contributed by atoms with van der Waals surface area (Å²) < 4.78 is 0. The Balaban J connectivity index is 2.05. The van der Waals surface area contributed by atoms with Crippen molar-refractivity contribution in [1.82, 2.24) is 9.88 Å². The van der Waals surface area contributed by atoms with Gasteiger partial charge in [0.15, 0.2) is 0 Å². The number of pyridine rings is 1. The predicted molar refractivity (Wildman–Crippen MR) is 84.0 cm³/mol. The zero-order valence-corrected chi connectivity index (χ0v) is 12.3. The molecule has 4 heteroatoms. The molecule has 2 heterocycles. The summed E-state index contributed by atoms with van der Waals surface area (Å²) in [5.74, 6) is 0. The van der Waals surface area contributed by atoms with E-state index in [0.717, 1.165) is 29.0 Å². The lowest BCUT2D eigenvalue weighted by molar-refractivity contribution is 0.168. The summed E-state index contributed by atoms with van der Waals surface area (Å²) in [4.78, 5) is 7.03. The molecule has 0 radical (unpaired) electrons. The first kappa shape index (κ1) is 13.8. The summed E-state index contributed by atoms with van der Waals surface area (Å²) in [6, 6.07) is 8.25. The number of halogens is 1. The highest BCUT2D eigenvalue weighted by Crippen LogP contribution is 2.31. The highest BCUT2D eigenvalue weighted by atomic mass is 35.5. The average Bonchev–Trinajstić information content (AvgIpc) is 2.52. The van der Waals surface area contributed by atoms with Gasteiger partial charge in [0.2, 0.25) is 0 Å². The van der Waals surface area contributed by atoms with E-state index in [1.54, 1.807) is 0 Å². The Bertz CT molecular complexity index is 593. The Kier molecular flexibility index (Phi) is 4.20. The normalized spacial score (nSPS) is 18.3. The van der Waals surface area contributed by atoms with Crippen LogP contribution in [0.1, 0.15) is 30.9 Å². The fourth-order valence-electron chi connectivity index (χ4n) is 3.13. The van der Waals surface area contributed by atoms with Crippen LogP contribution in [-0.2, 0) is 0 Å². The van der Waals surface area contributed by atoms with Gasteiger partial charge < -0.3 is 5.73 Å². The van der Waals surface area contributed by atoms with Gasteiger partial charge in [-0.15, -0.1) is 0 Å². The van der Waals surface area contributed by atoms with Crippen LogP contribution in [0.3, 0.4) is 0 Å². The number of hydrogen-bond donors (Lipinski definition) is 1. The number of aromatic nitrogens is 1. The maximum atomic E-state index is 6.28. The SMILES string of the molecule is NCC(c1ccc(Cl)c2cccnc12)N1CCCCC1. The van der Waals surface area contributed by atoms with E-state index in [2.05, 4.69) is 16.0 Å². The monoisotopic (exact) mass is 289 g/mol. The molecule has 1 aliphatic heterocycles. The van der Waals surface area contributed by atoms with E-state index in [0.29, 0.717) is 6.54 Å². The molecule has 1 aromatic heterocycles. The lowest BCUT2D eigenvalue weighted by Crippen LogP contribution is -2.37. The van der Waals surface area contributed by atoms with Crippen LogP contribution in [0, 0.1) is 0 Å². The van der Waals surface area contributed by atoms with Crippen molar-refractivity contribution in [2.24, 2.45) is 5.73 Å². The Morgan fingerprint density at radius 2 is 2.00 bits per heavy atom. The molecule has 0 spiro atoms. The van der Waals surface area contributed by atoms with E-state index in [1.807, 2.05) is 24.4 Å². The maximum absolute atomic E-state index is 6.28. The van der Waals surface area contributed by atoms with Gasteiger partial charge in [0.05, 0.1) is 5.52 Å². The maximum Gasteiger partial charge on any atom is 0.0765 e. The van der Waals surface area contributed by atoms with Crippen molar-refractivity contribution in [3.8, 4) is 0 Å². The van der Waals surface area contributed by atoms with Crippen molar-refractivity contribution in [3.63, 3.8) is 0 Å². The number of likely N-dealkylation sites (tertiary alicyclic amines) is 1. The smallest absolute Gasteiger partial charge is 0.0765 e. The van der Waals surface area contributed by atoms with Crippen LogP contribution in [0.5, 0.6) is 0 Å². The number of benzene rings is 1. The molecule has 3 rings (SSSR count). The van der Waals surface area contributed by atoms with Crippen molar-refractivity contribution in [1.29, 1.82) is 0 Å². The summed E-state index contributed by atoms with van der Waals surface area (Å²) in [6.45, 7) is 2.87. The third-order valence-corrected chi connectivity index (χ3v) is 4.49. The molecule has 0 aliphatic carbocycles. The van der Waals surface area contributed by atoms with E-state index < -0.39 is 0 Å². The number of piperidine rings is 1. The third-order valence-electron chi connectivity index (χ3n) is 4.16. The summed E-state index contributed by atoms with van der Waals surface area (Å²) in [6.07, 6.45) is 5.67. The number of nitrogens with two attached hydrogens (primary N) is 1. The highest BCUT2D eigenvalue weighted by molar-refractivity contribution is 6.35. The average molecular weight is 290 g/mol. The molecule has 1 fully saturated rings. The van der Waals surface area contributed by atoms with Crippen LogP contribution in [0.25, 0.3) is 10.9 Å². The largest absolute Gasteiger partial charge is 0.329 e. The lowest BCUT2D eigenvalue weighted by atomic mass is 9.99. The minimum Gasteiger partial charge on any atom is -0.329 e. The summed E-state index contributed by atoms with van der Waals surface area (Å²) in [5.41, 5.74) is 8.25. The first-order chi connectivity index (χ1) is 9.81. The van der Waals surface area contributed by atoms with Gasteiger partial charge in [-0.25, -0.2) is 0 Å². The van der Waals surface area contributed by atoms with Crippen molar-refractivity contribution >= 4 is 22.5 Å². The minimum atomic E-state index is 0.241. The number of fused-ring (bicyclic) bond motifs is 1. The van der Waals surface area contributed by atoms with Gasteiger partial charge in [-0.2, -0.15) is 0 Å². The van der Waals surface area contributed by atoms with Gasteiger partial charge in [-0.1, -0.05) is 24.1 Å². The van der Waals surface area contributed by atoms with Gasteiger partial charge in [0.1, 0.15) is 0 Å². The summed E-state index contributed by atoms with van der Waals surface area (Å²) in [7, 11) is 0. The van der Waals surface area contributed by atoms with Crippen LogP contribution >= 0.6 is 11.6 Å². The Morgan fingerprint density at radius 1 is 1.20 bits per heavy atom.